The van der Waals surface area contributed by atoms with Gasteiger partial charge in [0, 0.05) is 12.6 Å². The van der Waals surface area contributed by atoms with Crippen molar-refractivity contribution in [2.75, 3.05) is 6.54 Å². The van der Waals surface area contributed by atoms with E-state index in [2.05, 4.69) is 4.98 Å². The second-order valence-electron chi connectivity index (χ2n) is 6.83. The Morgan fingerprint density at radius 3 is 2.43 bits per heavy atom. The van der Waals surface area contributed by atoms with Crippen LogP contribution < -0.4 is 0 Å². The Morgan fingerprint density at radius 2 is 1.87 bits per heavy atom. The van der Waals surface area contributed by atoms with Crippen molar-refractivity contribution in [2.24, 2.45) is 5.92 Å². The van der Waals surface area contributed by atoms with Crippen molar-refractivity contribution in [3.63, 3.8) is 0 Å². The van der Waals surface area contributed by atoms with Crippen molar-refractivity contribution >= 4 is 11.9 Å². The van der Waals surface area contributed by atoms with E-state index in [1.54, 1.807) is 13.0 Å². The molecule has 5 heteroatoms. The van der Waals surface area contributed by atoms with Crippen LogP contribution >= 0.6 is 0 Å². The van der Waals surface area contributed by atoms with Gasteiger partial charge in [-0.15, -0.1) is 0 Å². The van der Waals surface area contributed by atoms with E-state index >= 15 is 0 Å². The summed E-state index contributed by atoms with van der Waals surface area (Å²) in [5.74, 6) is -0.403. The first-order chi connectivity index (χ1) is 11.1. The maximum Gasteiger partial charge on any atom is 0.337 e. The molecule has 124 valence electrons. The van der Waals surface area contributed by atoms with Crippen LogP contribution in [-0.2, 0) is 0 Å². The molecule has 3 rings (SSSR count). The highest BCUT2D eigenvalue weighted by Gasteiger charge is 2.33. The largest absolute Gasteiger partial charge is 0.478 e. The topological polar surface area (TPSA) is 70.5 Å². The Morgan fingerprint density at radius 1 is 1.17 bits per heavy atom. The molecule has 2 aliphatic rings. The van der Waals surface area contributed by atoms with Crippen molar-refractivity contribution in [2.45, 2.75) is 57.9 Å². The molecular weight excluding hydrogens is 292 g/mol. The zero-order valence-corrected chi connectivity index (χ0v) is 13.6. The molecule has 1 N–H and O–H groups in total. The standard InChI is InChI=1S/C18H24N2O3/c1-12-15(18(22)23)9-10-16(19-12)17(21)20(11-13-7-8-13)14-5-3-2-4-6-14/h9-10,13-14H,2-8,11H2,1H3,(H,22,23). The first kappa shape index (κ1) is 16.0. The minimum absolute atomic E-state index is 0.0381. The van der Waals surface area contributed by atoms with Crippen molar-refractivity contribution in [1.82, 2.24) is 9.88 Å². The number of nitrogens with zero attached hydrogens (tertiary/aromatic N) is 2. The van der Waals surface area contributed by atoms with Crippen LogP contribution in [0, 0.1) is 12.8 Å². The van der Waals surface area contributed by atoms with Crippen LogP contribution in [0.4, 0.5) is 0 Å². The molecule has 0 aromatic carbocycles. The summed E-state index contributed by atoms with van der Waals surface area (Å²) in [6.45, 7) is 2.47. The number of pyridine rings is 1. The Balaban J connectivity index is 1.81. The second-order valence-corrected chi connectivity index (χ2v) is 6.83. The average molecular weight is 316 g/mol. The number of hydrogen-bond donors (Lipinski definition) is 1. The highest BCUT2D eigenvalue weighted by atomic mass is 16.4. The molecule has 23 heavy (non-hydrogen) atoms. The van der Waals surface area contributed by atoms with Gasteiger partial charge in [-0.1, -0.05) is 19.3 Å². The molecule has 1 amide bonds. The predicted molar refractivity (Wildman–Crippen MR) is 86.6 cm³/mol. The van der Waals surface area contributed by atoms with E-state index in [1.807, 2.05) is 4.90 Å². The van der Waals surface area contributed by atoms with E-state index in [1.165, 1.54) is 38.2 Å². The van der Waals surface area contributed by atoms with Crippen LogP contribution in [0.1, 0.15) is 71.5 Å². The lowest BCUT2D eigenvalue weighted by Gasteiger charge is -2.34. The molecule has 2 aliphatic carbocycles. The molecule has 1 aromatic heterocycles. The minimum Gasteiger partial charge on any atom is -0.478 e. The molecule has 0 spiro atoms. The van der Waals surface area contributed by atoms with E-state index in [0.29, 0.717) is 23.3 Å². The van der Waals surface area contributed by atoms with Crippen LogP contribution in [0.2, 0.25) is 0 Å². The summed E-state index contributed by atoms with van der Waals surface area (Å²) in [4.78, 5) is 30.3. The maximum atomic E-state index is 13.0. The Hall–Kier alpha value is -1.91. The SMILES string of the molecule is Cc1nc(C(=O)N(CC2CC2)C2CCCCC2)ccc1C(=O)O. The molecule has 2 fully saturated rings. The molecular formula is C18H24N2O3. The molecule has 0 saturated heterocycles. The number of carboxylic acids is 1. The number of aromatic nitrogens is 1. The van der Waals surface area contributed by atoms with Crippen molar-refractivity contribution in [3.8, 4) is 0 Å². The highest BCUT2D eigenvalue weighted by Crippen LogP contribution is 2.33. The minimum atomic E-state index is -1.00. The molecule has 5 nitrogen and oxygen atoms in total. The number of carboxylic acid groups (broad SMARTS) is 1. The molecule has 1 aromatic rings. The van der Waals surface area contributed by atoms with Crippen LogP contribution in [0.25, 0.3) is 0 Å². The smallest absolute Gasteiger partial charge is 0.337 e. The molecule has 1 heterocycles. The van der Waals surface area contributed by atoms with Gasteiger partial charge in [0.15, 0.2) is 0 Å². The molecule has 2 saturated carbocycles. The molecule has 0 radical (unpaired) electrons. The fourth-order valence-electron chi connectivity index (χ4n) is 3.42. The third kappa shape index (κ3) is 3.71. The van der Waals surface area contributed by atoms with Crippen LogP contribution in [-0.4, -0.2) is 39.5 Å². The van der Waals surface area contributed by atoms with E-state index < -0.39 is 5.97 Å². The summed E-state index contributed by atoms with van der Waals surface area (Å²) in [7, 11) is 0. The van der Waals surface area contributed by atoms with Gasteiger partial charge in [0.25, 0.3) is 5.91 Å². The Bertz CT molecular complexity index is 604. The fourth-order valence-corrected chi connectivity index (χ4v) is 3.42. The van der Waals surface area contributed by atoms with Crippen LogP contribution in [0.3, 0.4) is 0 Å². The summed E-state index contributed by atoms with van der Waals surface area (Å²) < 4.78 is 0. The number of carbonyl (C=O) groups is 2. The summed E-state index contributed by atoms with van der Waals surface area (Å²) in [5, 5.41) is 9.10. The van der Waals surface area contributed by atoms with Crippen molar-refractivity contribution in [3.05, 3.63) is 29.1 Å². The van der Waals surface area contributed by atoms with Gasteiger partial charge < -0.3 is 10.0 Å². The number of amides is 1. The fraction of sp³-hybridized carbons (Fsp3) is 0.611. The van der Waals surface area contributed by atoms with Crippen LogP contribution in [0.15, 0.2) is 12.1 Å². The molecule has 0 unspecified atom stereocenters. The van der Waals surface area contributed by atoms with Crippen molar-refractivity contribution in [1.29, 1.82) is 0 Å². The lowest BCUT2D eigenvalue weighted by molar-refractivity contribution is 0.0612. The Kier molecular flexibility index (Phi) is 4.64. The number of carbonyl (C=O) groups excluding carboxylic acids is 1. The summed E-state index contributed by atoms with van der Waals surface area (Å²) in [5.41, 5.74) is 0.935. The van der Waals surface area contributed by atoms with Gasteiger partial charge in [-0.05, 0) is 50.7 Å². The predicted octanol–water partition coefficient (Wildman–Crippen LogP) is 3.27. The lowest BCUT2D eigenvalue weighted by atomic mass is 9.93. The van der Waals surface area contributed by atoms with E-state index in [0.717, 1.165) is 19.4 Å². The summed E-state index contributed by atoms with van der Waals surface area (Å²) in [6.07, 6.45) is 8.19. The Labute approximate surface area is 136 Å². The normalized spacial score (nSPS) is 18.7. The highest BCUT2D eigenvalue weighted by molar-refractivity contribution is 5.94. The number of aryl methyl sites for hydroxylation is 1. The number of aromatic carboxylic acids is 1. The van der Waals surface area contributed by atoms with Gasteiger partial charge >= 0.3 is 5.97 Å². The van der Waals surface area contributed by atoms with Gasteiger partial charge in [0.1, 0.15) is 5.69 Å². The molecule has 0 atom stereocenters. The number of rotatable bonds is 5. The maximum absolute atomic E-state index is 13.0. The monoisotopic (exact) mass is 316 g/mol. The van der Waals surface area contributed by atoms with Gasteiger partial charge in [-0.2, -0.15) is 0 Å². The first-order valence-electron chi connectivity index (χ1n) is 8.58. The number of hydrogen-bond acceptors (Lipinski definition) is 3. The molecule has 0 aliphatic heterocycles. The van der Waals surface area contributed by atoms with Gasteiger partial charge in [0.05, 0.1) is 11.3 Å². The zero-order valence-electron chi connectivity index (χ0n) is 13.6. The van der Waals surface area contributed by atoms with Crippen LogP contribution in [0.5, 0.6) is 0 Å². The summed E-state index contributed by atoms with van der Waals surface area (Å²) >= 11 is 0. The molecule has 0 bridgehead atoms. The lowest BCUT2D eigenvalue weighted by Crippen LogP contribution is -2.43. The zero-order chi connectivity index (χ0) is 16.4. The van der Waals surface area contributed by atoms with Gasteiger partial charge in [0.2, 0.25) is 0 Å². The quantitative estimate of drug-likeness (QED) is 0.905. The van der Waals surface area contributed by atoms with Gasteiger partial charge in [-0.3, -0.25) is 4.79 Å². The van der Waals surface area contributed by atoms with E-state index in [9.17, 15) is 9.59 Å². The van der Waals surface area contributed by atoms with E-state index in [-0.39, 0.29) is 11.5 Å². The third-order valence-electron chi connectivity index (χ3n) is 4.96. The second kappa shape index (κ2) is 6.69. The van der Waals surface area contributed by atoms with Crippen molar-refractivity contribution < 1.29 is 14.7 Å². The first-order valence-corrected chi connectivity index (χ1v) is 8.58. The third-order valence-corrected chi connectivity index (χ3v) is 4.96. The average Bonchev–Trinajstić information content (AvgIpc) is 3.36. The van der Waals surface area contributed by atoms with Gasteiger partial charge in [-0.25, -0.2) is 9.78 Å². The van der Waals surface area contributed by atoms with E-state index in [4.69, 9.17) is 5.11 Å². The summed E-state index contributed by atoms with van der Waals surface area (Å²) in [6, 6.07) is 3.37.